The molecule has 16 heavy (non-hydrogen) atoms. The molecular weight excluding hydrogens is 222 g/mol. The van der Waals surface area contributed by atoms with Crippen LogP contribution in [0.1, 0.15) is 51.2 Å². The predicted octanol–water partition coefficient (Wildman–Crippen LogP) is 2.44. The Kier molecular flexibility index (Phi) is 3.54. The monoisotopic (exact) mass is 241 g/mol. The highest BCUT2D eigenvalue weighted by molar-refractivity contribution is 7.99. The van der Waals surface area contributed by atoms with Crippen molar-refractivity contribution in [1.29, 1.82) is 0 Å². The van der Waals surface area contributed by atoms with Gasteiger partial charge >= 0.3 is 0 Å². The average Bonchev–Trinajstić information content (AvgIpc) is 2.85. The van der Waals surface area contributed by atoms with E-state index < -0.39 is 5.54 Å². The first kappa shape index (κ1) is 11.9. The van der Waals surface area contributed by atoms with Crippen molar-refractivity contribution < 1.29 is 4.52 Å². The summed E-state index contributed by atoms with van der Waals surface area (Å²) in [7, 11) is 0. The lowest BCUT2D eigenvalue weighted by molar-refractivity contribution is 0.369. The van der Waals surface area contributed by atoms with E-state index >= 15 is 0 Å². The van der Waals surface area contributed by atoms with Crippen LogP contribution in [-0.4, -0.2) is 15.4 Å². The maximum Gasteiger partial charge on any atom is 0.236 e. The van der Waals surface area contributed by atoms with Crippen molar-refractivity contribution in [3.05, 3.63) is 11.7 Å². The first-order valence-corrected chi connectivity index (χ1v) is 6.84. The molecule has 1 aliphatic carbocycles. The Bertz CT molecular complexity index is 339. The summed E-state index contributed by atoms with van der Waals surface area (Å²) >= 11 is 1.92. The molecule has 0 atom stereocenters. The second-order valence-electron chi connectivity index (χ2n) is 4.95. The Hall–Kier alpha value is -0.550. The van der Waals surface area contributed by atoms with Crippen molar-refractivity contribution in [2.45, 2.75) is 56.1 Å². The largest absolute Gasteiger partial charge is 0.338 e. The molecule has 2 rings (SSSR count). The number of rotatable bonds is 4. The van der Waals surface area contributed by atoms with Gasteiger partial charge in [0.15, 0.2) is 5.82 Å². The Morgan fingerprint density at radius 3 is 2.69 bits per heavy atom. The van der Waals surface area contributed by atoms with Crippen LogP contribution >= 0.6 is 11.8 Å². The molecule has 0 aliphatic heterocycles. The number of thioether (sulfide) groups is 1. The van der Waals surface area contributed by atoms with Gasteiger partial charge in [-0.25, -0.2) is 0 Å². The van der Waals surface area contributed by atoms with Crippen molar-refractivity contribution in [2.24, 2.45) is 5.73 Å². The van der Waals surface area contributed by atoms with Gasteiger partial charge in [0.2, 0.25) is 5.89 Å². The highest BCUT2D eigenvalue weighted by Crippen LogP contribution is 2.31. The summed E-state index contributed by atoms with van der Waals surface area (Å²) in [4.78, 5) is 4.32. The predicted molar refractivity (Wildman–Crippen MR) is 65.1 cm³/mol. The molecule has 4 nitrogen and oxygen atoms in total. The van der Waals surface area contributed by atoms with Crippen molar-refractivity contribution in [3.8, 4) is 0 Å². The zero-order valence-electron chi connectivity index (χ0n) is 9.90. The van der Waals surface area contributed by atoms with Crippen molar-refractivity contribution in [2.75, 3.05) is 0 Å². The van der Waals surface area contributed by atoms with Crippen molar-refractivity contribution >= 4 is 11.8 Å². The van der Waals surface area contributed by atoms with Gasteiger partial charge in [-0.3, -0.25) is 0 Å². The molecule has 1 fully saturated rings. The smallest absolute Gasteiger partial charge is 0.236 e. The van der Waals surface area contributed by atoms with E-state index in [1.54, 1.807) is 0 Å². The summed E-state index contributed by atoms with van der Waals surface area (Å²) in [6.45, 7) is 3.76. The SMILES string of the molecule is CC(C)(N)c1noc(CSC2CCCC2)n1. The summed E-state index contributed by atoms with van der Waals surface area (Å²) in [5.74, 6) is 2.10. The van der Waals surface area contributed by atoms with Gasteiger partial charge in [0.05, 0.1) is 11.3 Å². The zero-order chi connectivity index (χ0) is 11.6. The molecule has 5 heteroatoms. The van der Waals surface area contributed by atoms with E-state index in [0.29, 0.717) is 11.7 Å². The summed E-state index contributed by atoms with van der Waals surface area (Å²) in [6, 6.07) is 0. The first-order chi connectivity index (χ1) is 7.55. The molecule has 1 heterocycles. The summed E-state index contributed by atoms with van der Waals surface area (Å²) < 4.78 is 5.19. The summed E-state index contributed by atoms with van der Waals surface area (Å²) in [6.07, 6.45) is 5.38. The van der Waals surface area contributed by atoms with Gasteiger partial charge in [-0.15, -0.1) is 11.8 Å². The molecule has 2 N–H and O–H groups in total. The molecule has 1 saturated carbocycles. The lowest BCUT2D eigenvalue weighted by Gasteiger charge is -2.11. The number of hydrogen-bond donors (Lipinski definition) is 1. The van der Waals surface area contributed by atoms with E-state index in [-0.39, 0.29) is 0 Å². The third kappa shape index (κ3) is 2.98. The van der Waals surface area contributed by atoms with Crippen molar-refractivity contribution in [3.63, 3.8) is 0 Å². The Morgan fingerprint density at radius 1 is 1.44 bits per heavy atom. The van der Waals surface area contributed by atoms with Crippen molar-refractivity contribution in [1.82, 2.24) is 10.1 Å². The maximum absolute atomic E-state index is 5.90. The fourth-order valence-corrected chi connectivity index (χ4v) is 2.98. The molecule has 1 aromatic rings. The minimum atomic E-state index is -0.514. The van der Waals surface area contributed by atoms with E-state index in [4.69, 9.17) is 10.3 Å². The van der Waals surface area contributed by atoms with Crippen LogP contribution in [0, 0.1) is 0 Å². The van der Waals surface area contributed by atoms with Gasteiger partial charge in [-0.2, -0.15) is 4.98 Å². The molecule has 0 bridgehead atoms. The van der Waals surface area contributed by atoms with E-state index in [1.807, 2.05) is 25.6 Å². The maximum atomic E-state index is 5.90. The van der Waals surface area contributed by atoms with Crippen LogP contribution in [0.3, 0.4) is 0 Å². The van der Waals surface area contributed by atoms with E-state index in [9.17, 15) is 0 Å². The average molecular weight is 241 g/mol. The van der Waals surface area contributed by atoms with Gasteiger partial charge < -0.3 is 10.3 Å². The van der Waals surface area contributed by atoms with Gasteiger partial charge in [0, 0.05) is 5.25 Å². The van der Waals surface area contributed by atoms with E-state index in [2.05, 4.69) is 10.1 Å². The van der Waals surface area contributed by atoms with Crippen LogP contribution in [0.2, 0.25) is 0 Å². The Morgan fingerprint density at radius 2 is 2.12 bits per heavy atom. The molecule has 0 saturated heterocycles. The summed E-state index contributed by atoms with van der Waals surface area (Å²) in [5, 5.41) is 4.69. The fraction of sp³-hybridized carbons (Fsp3) is 0.818. The molecule has 1 aromatic heterocycles. The van der Waals surface area contributed by atoms with Gasteiger partial charge in [0.25, 0.3) is 0 Å². The Balaban J connectivity index is 1.87. The normalized spacial score (nSPS) is 18.2. The standard InChI is InChI=1S/C11H19N3OS/c1-11(2,12)10-13-9(15-14-10)7-16-8-5-3-4-6-8/h8H,3-7,12H2,1-2H3. The van der Waals surface area contributed by atoms with Crippen LogP contribution < -0.4 is 5.73 Å². The second-order valence-corrected chi connectivity index (χ2v) is 6.24. The van der Waals surface area contributed by atoms with E-state index in [1.165, 1.54) is 25.7 Å². The third-order valence-corrected chi connectivity index (χ3v) is 4.15. The highest BCUT2D eigenvalue weighted by Gasteiger charge is 2.22. The number of aromatic nitrogens is 2. The number of hydrogen-bond acceptors (Lipinski definition) is 5. The first-order valence-electron chi connectivity index (χ1n) is 5.79. The molecule has 0 aromatic carbocycles. The quantitative estimate of drug-likeness (QED) is 0.877. The van der Waals surface area contributed by atoms with Crippen LogP contribution in [0.4, 0.5) is 0 Å². The summed E-state index contributed by atoms with van der Waals surface area (Å²) in [5.41, 5.74) is 5.38. The molecule has 0 radical (unpaired) electrons. The lowest BCUT2D eigenvalue weighted by atomic mass is 10.1. The number of nitrogens with two attached hydrogens (primary N) is 1. The Labute approximate surface area is 100 Å². The molecule has 0 spiro atoms. The number of nitrogens with zero attached hydrogens (tertiary/aromatic N) is 2. The third-order valence-electron chi connectivity index (χ3n) is 2.79. The lowest BCUT2D eigenvalue weighted by Crippen LogP contribution is -2.30. The zero-order valence-corrected chi connectivity index (χ0v) is 10.7. The van der Waals surface area contributed by atoms with Gasteiger partial charge in [-0.1, -0.05) is 18.0 Å². The van der Waals surface area contributed by atoms with Crippen LogP contribution in [0.5, 0.6) is 0 Å². The molecule has 0 unspecified atom stereocenters. The fourth-order valence-electron chi connectivity index (χ4n) is 1.82. The van der Waals surface area contributed by atoms with Crippen LogP contribution in [0.25, 0.3) is 0 Å². The van der Waals surface area contributed by atoms with Crippen LogP contribution in [-0.2, 0) is 11.3 Å². The minimum Gasteiger partial charge on any atom is -0.338 e. The van der Waals surface area contributed by atoms with Gasteiger partial charge in [-0.05, 0) is 26.7 Å². The second kappa shape index (κ2) is 4.75. The van der Waals surface area contributed by atoms with Gasteiger partial charge in [0.1, 0.15) is 0 Å². The molecule has 1 aliphatic rings. The molecular formula is C11H19N3OS. The topological polar surface area (TPSA) is 64.9 Å². The minimum absolute atomic E-state index is 0.514. The highest BCUT2D eigenvalue weighted by atomic mass is 32.2. The van der Waals surface area contributed by atoms with E-state index in [0.717, 1.165) is 11.0 Å². The molecule has 0 amide bonds. The molecule has 90 valence electrons. The van der Waals surface area contributed by atoms with Crippen LogP contribution in [0.15, 0.2) is 4.52 Å².